The second kappa shape index (κ2) is 5.30. The molecule has 92 valence electrons. The van der Waals surface area contributed by atoms with E-state index in [4.69, 9.17) is 15.6 Å². The summed E-state index contributed by atoms with van der Waals surface area (Å²) in [4.78, 5) is 12.5. The van der Waals surface area contributed by atoms with Crippen LogP contribution in [0.3, 0.4) is 0 Å². The fraction of sp³-hybridized carbons (Fsp3) is 0.444. The van der Waals surface area contributed by atoms with Crippen LogP contribution < -0.4 is 5.73 Å². The Kier molecular flexibility index (Phi) is 3.77. The molecule has 0 aliphatic heterocycles. The highest BCUT2D eigenvalue weighted by atomic mass is 32.2. The second-order valence-electron chi connectivity index (χ2n) is 3.21. The highest BCUT2D eigenvalue weighted by Crippen LogP contribution is 2.23. The summed E-state index contributed by atoms with van der Waals surface area (Å²) in [6.45, 7) is 0.435. The second-order valence-corrected chi connectivity index (χ2v) is 4.01. The van der Waals surface area contributed by atoms with Gasteiger partial charge in [0.2, 0.25) is 5.95 Å². The van der Waals surface area contributed by atoms with Gasteiger partial charge >= 0.3 is 0 Å². The van der Waals surface area contributed by atoms with E-state index in [0.29, 0.717) is 17.1 Å². The van der Waals surface area contributed by atoms with E-state index in [0.717, 1.165) is 5.03 Å². The van der Waals surface area contributed by atoms with Gasteiger partial charge < -0.3 is 15.6 Å². The number of hydrogen-bond donors (Lipinski definition) is 2. The summed E-state index contributed by atoms with van der Waals surface area (Å²) in [5.41, 5.74) is 7.10. The van der Waals surface area contributed by atoms with Crippen LogP contribution >= 0.6 is 11.8 Å². The van der Waals surface area contributed by atoms with Crippen molar-refractivity contribution in [2.45, 2.75) is 11.8 Å². The third-order valence-electron chi connectivity index (χ3n) is 2.18. The predicted octanol–water partition coefficient (Wildman–Crippen LogP) is 0.0968. The van der Waals surface area contributed by atoms with Crippen LogP contribution in [0, 0.1) is 0 Å². The molecule has 0 atom stereocenters. The Balaban J connectivity index is 2.38. The summed E-state index contributed by atoms with van der Waals surface area (Å²) in [6.07, 6.45) is 3.39. The van der Waals surface area contributed by atoms with Crippen molar-refractivity contribution in [3.05, 3.63) is 6.33 Å². The van der Waals surface area contributed by atoms with E-state index in [9.17, 15) is 0 Å². The van der Waals surface area contributed by atoms with Crippen LogP contribution in [0.1, 0.15) is 0 Å². The average molecular weight is 255 g/mol. The fourth-order valence-electron chi connectivity index (χ4n) is 1.43. The van der Waals surface area contributed by atoms with Gasteiger partial charge in [-0.3, -0.25) is 4.57 Å². The number of nitrogen functional groups attached to an aromatic ring is 1. The monoisotopic (exact) mass is 255 g/mol. The molecule has 0 saturated heterocycles. The van der Waals surface area contributed by atoms with E-state index in [-0.39, 0.29) is 19.9 Å². The number of anilines is 1. The zero-order valence-corrected chi connectivity index (χ0v) is 10.1. The molecule has 0 aliphatic carbocycles. The normalized spacial score (nSPS) is 11.2. The van der Waals surface area contributed by atoms with Gasteiger partial charge in [0.1, 0.15) is 23.6 Å². The highest BCUT2D eigenvalue weighted by molar-refractivity contribution is 7.98. The molecular weight excluding hydrogens is 242 g/mol. The molecule has 2 aromatic heterocycles. The van der Waals surface area contributed by atoms with Crippen molar-refractivity contribution >= 4 is 28.9 Å². The van der Waals surface area contributed by atoms with Crippen LogP contribution in [0.25, 0.3) is 11.2 Å². The third kappa shape index (κ3) is 2.33. The number of imidazole rings is 1. The Morgan fingerprint density at radius 3 is 3.06 bits per heavy atom. The first-order chi connectivity index (χ1) is 8.27. The summed E-state index contributed by atoms with van der Waals surface area (Å²) in [6, 6.07) is 0. The van der Waals surface area contributed by atoms with Crippen LogP contribution in [0.15, 0.2) is 11.4 Å². The van der Waals surface area contributed by atoms with Gasteiger partial charge in [-0.05, 0) is 6.26 Å². The van der Waals surface area contributed by atoms with Crippen LogP contribution in [0.4, 0.5) is 5.95 Å². The van der Waals surface area contributed by atoms with Crippen molar-refractivity contribution in [1.29, 1.82) is 0 Å². The molecule has 0 unspecified atom stereocenters. The molecule has 7 nitrogen and oxygen atoms in total. The Labute approximate surface area is 102 Å². The third-order valence-corrected chi connectivity index (χ3v) is 2.86. The predicted molar refractivity (Wildman–Crippen MR) is 64.6 cm³/mol. The van der Waals surface area contributed by atoms with E-state index >= 15 is 0 Å². The first-order valence-electron chi connectivity index (χ1n) is 4.97. The van der Waals surface area contributed by atoms with Gasteiger partial charge in [-0.1, -0.05) is 0 Å². The van der Waals surface area contributed by atoms with Crippen LogP contribution in [0.2, 0.25) is 0 Å². The quantitative estimate of drug-likeness (QED) is 0.444. The van der Waals surface area contributed by atoms with Crippen LogP contribution in [0.5, 0.6) is 0 Å². The van der Waals surface area contributed by atoms with E-state index in [1.165, 1.54) is 18.1 Å². The van der Waals surface area contributed by atoms with Gasteiger partial charge in [0, 0.05) is 0 Å². The maximum absolute atomic E-state index is 8.65. The minimum Gasteiger partial charge on any atom is -0.394 e. The number of ether oxygens (including phenoxy) is 1. The molecule has 8 heteroatoms. The first-order valence-corrected chi connectivity index (χ1v) is 6.19. The van der Waals surface area contributed by atoms with E-state index in [2.05, 4.69) is 15.0 Å². The van der Waals surface area contributed by atoms with Crippen molar-refractivity contribution in [1.82, 2.24) is 19.5 Å². The van der Waals surface area contributed by atoms with Gasteiger partial charge in [0.05, 0.1) is 13.2 Å². The lowest BCUT2D eigenvalue weighted by molar-refractivity contribution is 0.0509. The number of rotatable bonds is 5. The summed E-state index contributed by atoms with van der Waals surface area (Å²) in [5.74, 6) is 0.328. The Morgan fingerprint density at radius 2 is 2.35 bits per heavy atom. The molecular formula is C9H13N5O2S. The van der Waals surface area contributed by atoms with Crippen molar-refractivity contribution in [2.75, 3.05) is 25.2 Å². The fourth-order valence-corrected chi connectivity index (χ4v) is 1.91. The van der Waals surface area contributed by atoms with Gasteiger partial charge in [-0.2, -0.15) is 0 Å². The van der Waals surface area contributed by atoms with E-state index in [1.54, 1.807) is 4.57 Å². The molecule has 0 radical (unpaired) electrons. The van der Waals surface area contributed by atoms with Gasteiger partial charge in [-0.15, -0.1) is 11.8 Å². The highest BCUT2D eigenvalue weighted by Gasteiger charge is 2.13. The summed E-state index contributed by atoms with van der Waals surface area (Å²) in [7, 11) is 0. The number of fused-ring (bicyclic) bond motifs is 1. The summed E-state index contributed by atoms with van der Waals surface area (Å²) >= 11 is 1.49. The lowest BCUT2D eigenvalue weighted by Gasteiger charge is -2.05. The summed E-state index contributed by atoms with van der Waals surface area (Å²) in [5, 5.41) is 9.43. The van der Waals surface area contributed by atoms with Crippen LogP contribution in [-0.4, -0.2) is 44.1 Å². The zero-order chi connectivity index (χ0) is 12.3. The molecule has 0 saturated carbocycles. The van der Waals surface area contributed by atoms with Gasteiger partial charge in [0.25, 0.3) is 0 Å². The maximum Gasteiger partial charge on any atom is 0.204 e. The topological polar surface area (TPSA) is 99.1 Å². The summed E-state index contributed by atoms with van der Waals surface area (Å²) < 4.78 is 6.86. The number of nitrogens with zero attached hydrogens (tertiary/aromatic N) is 4. The molecule has 2 aromatic rings. The molecule has 2 heterocycles. The molecule has 0 aromatic carbocycles. The zero-order valence-electron chi connectivity index (χ0n) is 9.33. The van der Waals surface area contributed by atoms with Crippen molar-refractivity contribution in [2.24, 2.45) is 0 Å². The number of nitrogens with two attached hydrogens (primary N) is 1. The average Bonchev–Trinajstić information content (AvgIpc) is 2.66. The molecule has 17 heavy (non-hydrogen) atoms. The molecule has 0 fully saturated rings. The Morgan fingerprint density at radius 1 is 1.53 bits per heavy atom. The number of hydrogen-bond acceptors (Lipinski definition) is 7. The Hall–Kier alpha value is -1.38. The van der Waals surface area contributed by atoms with Gasteiger partial charge in [-0.25, -0.2) is 15.0 Å². The number of aliphatic hydroxyl groups is 1. The van der Waals surface area contributed by atoms with E-state index in [1.807, 2.05) is 6.26 Å². The maximum atomic E-state index is 8.65. The SMILES string of the molecule is CSc1ncnc2c1nc(N)n2COCCO. The first kappa shape index (κ1) is 12.1. The van der Waals surface area contributed by atoms with Crippen molar-refractivity contribution in [3.63, 3.8) is 0 Å². The van der Waals surface area contributed by atoms with Crippen molar-refractivity contribution < 1.29 is 9.84 Å². The van der Waals surface area contributed by atoms with Crippen molar-refractivity contribution in [3.8, 4) is 0 Å². The largest absolute Gasteiger partial charge is 0.394 e. The minimum atomic E-state index is -0.0302. The standard InChI is InChI=1S/C9H13N5O2S/c1-17-8-6-7(11-4-12-8)14(9(10)13-6)5-16-3-2-15/h4,15H,2-3,5H2,1H3,(H2,10,13). The molecule has 2 rings (SSSR count). The molecule has 0 spiro atoms. The molecule has 3 N–H and O–H groups in total. The molecule has 0 bridgehead atoms. The Bertz CT molecular complexity index is 515. The number of aromatic nitrogens is 4. The lowest BCUT2D eigenvalue weighted by atomic mass is 10.5. The van der Waals surface area contributed by atoms with E-state index < -0.39 is 0 Å². The van der Waals surface area contributed by atoms with Crippen LogP contribution in [-0.2, 0) is 11.5 Å². The number of aliphatic hydroxyl groups excluding tert-OH is 1. The van der Waals surface area contributed by atoms with Gasteiger partial charge in [0.15, 0.2) is 5.65 Å². The number of thioether (sulfide) groups is 1. The lowest BCUT2D eigenvalue weighted by Crippen LogP contribution is -2.09. The molecule has 0 aliphatic rings. The smallest absolute Gasteiger partial charge is 0.204 e. The minimum absolute atomic E-state index is 0.0302. The molecule has 0 amide bonds.